The Morgan fingerprint density at radius 2 is 1.63 bits per heavy atom. The predicted molar refractivity (Wildman–Crippen MR) is 150 cm³/mol. The summed E-state index contributed by atoms with van der Waals surface area (Å²) >= 11 is 0. The predicted octanol–water partition coefficient (Wildman–Crippen LogP) is 4.18. The molecule has 3 rings (SSSR count). The molecule has 0 spiro atoms. The van der Waals surface area contributed by atoms with Gasteiger partial charge < -0.3 is 16.0 Å². The van der Waals surface area contributed by atoms with E-state index in [4.69, 9.17) is 5.73 Å². The highest BCUT2D eigenvalue weighted by atomic mass is 16.2. The number of piperazine rings is 1. The maximum Gasteiger partial charge on any atom is 0.253 e. The Bertz CT molecular complexity index is 863. The van der Waals surface area contributed by atoms with Crippen molar-refractivity contribution in [3.63, 3.8) is 0 Å². The van der Waals surface area contributed by atoms with Gasteiger partial charge in [0.2, 0.25) is 0 Å². The van der Waals surface area contributed by atoms with Gasteiger partial charge in [-0.15, -0.1) is 32.3 Å². The number of rotatable bonds is 7. The Morgan fingerprint density at radius 3 is 2.11 bits per heavy atom. The van der Waals surface area contributed by atoms with Gasteiger partial charge in [0.15, 0.2) is 0 Å². The van der Waals surface area contributed by atoms with Crippen LogP contribution in [0.2, 0.25) is 0 Å². The van der Waals surface area contributed by atoms with Crippen molar-refractivity contribution in [3.8, 4) is 25.7 Å². The van der Waals surface area contributed by atoms with Crippen molar-refractivity contribution in [3.05, 3.63) is 83.9 Å². The fraction of sp³-hybridized carbons (Fsp3) is 0.367. The van der Waals surface area contributed by atoms with Crippen molar-refractivity contribution in [2.45, 2.75) is 32.9 Å². The summed E-state index contributed by atoms with van der Waals surface area (Å²) in [6.45, 7) is 15.8. The molecule has 1 aliphatic heterocycles. The third kappa shape index (κ3) is 11.1. The maximum atomic E-state index is 12.3. The van der Waals surface area contributed by atoms with Gasteiger partial charge >= 0.3 is 0 Å². The van der Waals surface area contributed by atoms with Crippen LogP contribution < -0.4 is 11.1 Å². The zero-order chi connectivity index (χ0) is 26.6. The molecule has 1 heterocycles. The van der Waals surface area contributed by atoms with Crippen LogP contribution in [-0.4, -0.2) is 61.0 Å². The van der Waals surface area contributed by atoms with Crippen LogP contribution in [0.1, 0.15) is 48.3 Å². The van der Waals surface area contributed by atoms with Gasteiger partial charge in [-0.1, -0.05) is 48.5 Å². The molecular formula is C30H42N4O. The van der Waals surface area contributed by atoms with Crippen molar-refractivity contribution < 1.29 is 4.79 Å². The molecular weight excluding hydrogens is 432 g/mol. The van der Waals surface area contributed by atoms with E-state index >= 15 is 0 Å². The standard InChI is InChI=1S/C18H22N2O.C8H16N2.2C2H2/c1-3-20(4-2)18(21)16-12-10-15(11-13-16)17(19)14-8-6-5-7-9-14;1-3-5-10-6-4-9-8(2)7-10;2*1-2/h5-13,17H,3-4,19H2,1-2H3;3,8-9H,1,4-7H2,2H3;2*1-2H/t17-;8-;;/m10../s1. The zero-order valence-corrected chi connectivity index (χ0v) is 21.6. The lowest BCUT2D eigenvalue weighted by atomic mass is 9.98. The number of carbonyl (C=O) groups excluding carboxylic acids is 1. The monoisotopic (exact) mass is 474 g/mol. The van der Waals surface area contributed by atoms with E-state index in [0.29, 0.717) is 11.6 Å². The second-order valence-electron chi connectivity index (χ2n) is 7.89. The maximum absolute atomic E-state index is 12.3. The summed E-state index contributed by atoms with van der Waals surface area (Å²) in [6.07, 6.45) is 18.0. The van der Waals surface area contributed by atoms with E-state index in [9.17, 15) is 4.79 Å². The van der Waals surface area contributed by atoms with E-state index in [-0.39, 0.29) is 11.9 Å². The van der Waals surface area contributed by atoms with E-state index in [1.165, 1.54) is 0 Å². The van der Waals surface area contributed by atoms with Gasteiger partial charge in [0.05, 0.1) is 6.04 Å². The van der Waals surface area contributed by atoms with Crippen molar-refractivity contribution in [1.82, 2.24) is 15.1 Å². The zero-order valence-electron chi connectivity index (χ0n) is 21.6. The lowest BCUT2D eigenvalue weighted by Crippen LogP contribution is -2.49. The quantitative estimate of drug-likeness (QED) is 0.467. The largest absolute Gasteiger partial charge is 0.339 e. The summed E-state index contributed by atoms with van der Waals surface area (Å²) in [5.74, 6) is 0.0693. The van der Waals surface area contributed by atoms with Crippen LogP contribution in [0.25, 0.3) is 0 Å². The lowest BCUT2D eigenvalue weighted by molar-refractivity contribution is 0.0773. The minimum Gasteiger partial charge on any atom is -0.339 e. The highest BCUT2D eigenvalue weighted by molar-refractivity contribution is 5.94. The number of nitrogens with two attached hydrogens (primary N) is 1. The molecule has 0 aromatic heterocycles. The summed E-state index contributed by atoms with van der Waals surface area (Å²) < 4.78 is 0. The summed E-state index contributed by atoms with van der Waals surface area (Å²) in [4.78, 5) is 16.5. The first-order valence-electron chi connectivity index (χ1n) is 11.9. The van der Waals surface area contributed by atoms with Crippen LogP contribution in [0.5, 0.6) is 0 Å². The van der Waals surface area contributed by atoms with Gasteiger partial charge in [0.1, 0.15) is 0 Å². The van der Waals surface area contributed by atoms with Gasteiger partial charge in [-0.3, -0.25) is 9.69 Å². The average molecular weight is 475 g/mol. The van der Waals surface area contributed by atoms with Crippen LogP contribution in [0.4, 0.5) is 0 Å². The summed E-state index contributed by atoms with van der Waals surface area (Å²) in [5, 5.41) is 3.39. The molecule has 0 saturated carbocycles. The van der Waals surface area contributed by atoms with Gasteiger partial charge in [-0.2, -0.15) is 0 Å². The second kappa shape index (κ2) is 19.0. The lowest BCUT2D eigenvalue weighted by Gasteiger charge is -2.30. The SMILES string of the molecule is C#C.C#C.C=CCN1CCN[C@@H](C)C1.CCN(CC)C(=O)c1ccc([C@H](N)c2ccccc2)cc1. The second-order valence-corrected chi connectivity index (χ2v) is 7.89. The topological polar surface area (TPSA) is 61.6 Å². The molecule has 2 aromatic carbocycles. The molecule has 1 fully saturated rings. The van der Waals surface area contributed by atoms with E-state index in [1.54, 1.807) is 0 Å². The third-order valence-electron chi connectivity index (χ3n) is 5.57. The van der Waals surface area contributed by atoms with Crippen LogP contribution in [0.3, 0.4) is 0 Å². The first-order chi connectivity index (χ1) is 17.0. The molecule has 0 radical (unpaired) electrons. The van der Waals surface area contributed by atoms with Crippen molar-refractivity contribution in [2.75, 3.05) is 39.3 Å². The van der Waals surface area contributed by atoms with Crippen molar-refractivity contribution in [1.29, 1.82) is 0 Å². The molecule has 0 bridgehead atoms. The van der Waals surface area contributed by atoms with E-state index in [2.05, 4.69) is 49.4 Å². The number of nitrogens with zero attached hydrogens (tertiary/aromatic N) is 2. The molecule has 5 nitrogen and oxygen atoms in total. The molecule has 0 unspecified atom stereocenters. The molecule has 0 aliphatic carbocycles. The van der Waals surface area contributed by atoms with Gasteiger partial charge in [-0.05, 0) is 44.0 Å². The highest BCUT2D eigenvalue weighted by Crippen LogP contribution is 2.20. The smallest absolute Gasteiger partial charge is 0.253 e. The molecule has 35 heavy (non-hydrogen) atoms. The third-order valence-corrected chi connectivity index (χ3v) is 5.57. The normalized spacial score (nSPS) is 15.4. The fourth-order valence-electron chi connectivity index (χ4n) is 3.74. The Labute approximate surface area is 213 Å². The summed E-state index contributed by atoms with van der Waals surface area (Å²) in [5.41, 5.74) is 9.05. The van der Waals surface area contributed by atoms with Crippen LogP contribution >= 0.6 is 0 Å². The highest BCUT2D eigenvalue weighted by Gasteiger charge is 2.14. The number of hydrogen-bond donors (Lipinski definition) is 2. The number of hydrogen-bond acceptors (Lipinski definition) is 4. The molecule has 2 atom stereocenters. The minimum absolute atomic E-state index is 0.0693. The molecule has 3 N–H and O–H groups in total. The van der Waals surface area contributed by atoms with Gasteiger partial charge in [-0.25, -0.2) is 0 Å². The average Bonchev–Trinajstić information content (AvgIpc) is 2.92. The molecule has 1 aliphatic rings. The molecule has 1 amide bonds. The first-order valence-corrected chi connectivity index (χ1v) is 11.9. The Kier molecular flexibility index (Phi) is 17.2. The number of amides is 1. The Morgan fingerprint density at radius 1 is 1.09 bits per heavy atom. The fourth-order valence-corrected chi connectivity index (χ4v) is 3.74. The number of carbonyl (C=O) groups is 1. The molecule has 1 saturated heterocycles. The van der Waals surface area contributed by atoms with Gasteiger partial charge in [0, 0.05) is 50.9 Å². The Balaban J connectivity index is 0.000000691. The Hall–Kier alpha value is -3.35. The van der Waals surface area contributed by atoms with Crippen LogP contribution in [0.15, 0.2) is 67.3 Å². The van der Waals surface area contributed by atoms with Crippen molar-refractivity contribution in [2.24, 2.45) is 5.73 Å². The summed E-state index contributed by atoms with van der Waals surface area (Å²) in [6, 6.07) is 18.0. The van der Waals surface area contributed by atoms with E-state index in [1.807, 2.05) is 79.4 Å². The van der Waals surface area contributed by atoms with Crippen LogP contribution in [-0.2, 0) is 0 Å². The number of terminal acetylenes is 2. The molecule has 2 aromatic rings. The number of nitrogens with one attached hydrogen (secondary N) is 1. The molecule has 5 heteroatoms. The van der Waals surface area contributed by atoms with Gasteiger partial charge in [0.25, 0.3) is 5.91 Å². The first kappa shape index (κ1) is 31.6. The number of benzene rings is 2. The molecule has 188 valence electrons. The van der Waals surface area contributed by atoms with Crippen molar-refractivity contribution >= 4 is 5.91 Å². The van der Waals surface area contributed by atoms with E-state index in [0.717, 1.165) is 50.4 Å². The van der Waals surface area contributed by atoms with E-state index < -0.39 is 0 Å². The van der Waals surface area contributed by atoms with Crippen LogP contribution in [0, 0.1) is 25.7 Å². The summed E-state index contributed by atoms with van der Waals surface area (Å²) in [7, 11) is 0. The minimum atomic E-state index is -0.163.